The Balaban J connectivity index is 1.67. The number of hydrogen-bond acceptors (Lipinski definition) is 5. The normalized spacial score (nSPS) is 26.3. The Labute approximate surface area is 216 Å². The van der Waals surface area contributed by atoms with E-state index < -0.39 is 0 Å². The van der Waals surface area contributed by atoms with E-state index >= 15 is 0 Å². The average molecular weight is 535 g/mol. The van der Waals surface area contributed by atoms with Crippen LogP contribution in [0.25, 0.3) is 0 Å². The average Bonchev–Trinajstić information content (AvgIpc) is 2.93. The zero-order chi connectivity index (χ0) is 25.5. The highest BCUT2D eigenvalue weighted by Gasteiger charge is 2.67. The van der Waals surface area contributed by atoms with Crippen molar-refractivity contribution in [3.63, 3.8) is 0 Å². The Bertz CT molecular complexity index is 1220. The second-order valence-corrected chi connectivity index (χ2v) is 11.5. The molecule has 1 fully saturated rings. The van der Waals surface area contributed by atoms with Gasteiger partial charge in [-0.1, -0.05) is 27.7 Å². The molecule has 0 aliphatic heterocycles. The zero-order valence-corrected chi connectivity index (χ0v) is 22.5. The minimum Gasteiger partial charge on any atom is -0.492 e. The van der Waals surface area contributed by atoms with Crippen molar-refractivity contribution in [2.24, 2.45) is 28.6 Å². The highest BCUT2D eigenvalue weighted by molar-refractivity contribution is 9.10. The highest BCUT2D eigenvalue weighted by Crippen LogP contribution is 2.65. The van der Waals surface area contributed by atoms with E-state index in [0.29, 0.717) is 35.7 Å². The van der Waals surface area contributed by atoms with Crippen molar-refractivity contribution < 1.29 is 14.3 Å². The van der Waals surface area contributed by atoms with Crippen LogP contribution in [-0.2, 0) is 6.42 Å². The first-order chi connectivity index (χ1) is 16.6. The van der Waals surface area contributed by atoms with E-state index in [2.05, 4.69) is 60.6 Å². The Kier molecular flexibility index (Phi) is 6.73. The number of pyridine rings is 1. The Hall–Kier alpha value is -2.83. The predicted octanol–water partition coefficient (Wildman–Crippen LogP) is 6.24. The molecule has 1 saturated carbocycles. The van der Waals surface area contributed by atoms with Crippen LogP contribution in [0.2, 0.25) is 0 Å². The number of Topliss-reactive ketones (excluding diaryl/α,β-unsaturated/α-hetero) is 1. The smallest absolute Gasteiger partial charge is 0.169 e. The minimum atomic E-state index is -0.314. The summed E-state index contributed by atoms with van der Waals surface area (Å²) >= 11 is 3.43. The van der Waals surface area contributed by atoms with Crippen molar-refractivity contribution >= 4 is 21.7 Å². The number of rotatable bonds is 5. The lowest BCUT2D eigenvalue weighted by molar-refractivity contribution is -0.216. The van der Waals surface area contributed by atoms with Gasteiger partial charge in [0.05, 0.1) is 17.9 Å². The number of nitrogens with zero attached hydrogens (tertiary/aromatic N) is 2. The molecule has 2 aliphatic carbocycles. The summed E-state index contributed by atoms with van der Waals surface area (Å²) < 4.78 is 12.9. The number of terminal acetylenes is 1. The molecular formula is C29H31BrN2O3. The van der Waals surface area contributed by atoms with Crippen LogP contribution in [0.3, 0.4) is 0 Å². The Morgan fingerprint density at radius 3 is 2.54 bits per heavy atom. The van der Waals surface area contributed by atoms with Gasteiger partial charge in [-0.15, -0.1) is 12.3 Å². The number of aromatic nitrogens is 1. The van der Waals surface area contributed by atoms with Gasteiger partial charge in [-0.05, 0) is 65.9 Å². The van der Waals surface area contributed by atoms with Gasteiger partial charge in [0.2, 0.25) is 0 Å². The number of aryl methyl sites for hydroxylation is 1. The standard InChI is InChI=1S/C29H31BrN2O3/c1-7-17-10-13-21-20(12-14-23(30)32-21)25(33)24(17)26-28(3,4)27(29(26,5)6)35-19-11-9-18(16-31)22(15-19)34-8-2/h1,9,11-12,14-15,17,24,26-27H,8,10,13H2,2-6H3. The topological polar surface area (TPSA) is 72.2 Å². The fourth-order valence-corrected chi connectivity index (χ4v) is 7.10. The number of carbonyl (C=O) groups is 1. The van der Waals surface area contributed by atoms with Gasteiger partial charge >= 0.3 is 0 Å². The molecule has 1 aromatic carbocycles. The molecule has 35 heavy (non-hydrogen) atoms. The number of hydrogen-bond donors (Lipinski definition) is 0. The van der Waals surface area contributed by atoms with Crippen LogP contribution in [0.1, 0.15) is 62.7 Å². The summed E-state index contributed by atoms with van der Waals surface area (Å²) in [6.45, 7) is 11.0. The van der Waals surface area contributed by atoms with Gasteiger partial charge in [-0.3, -0.25) is 4.79 Å². The second kappa shape index (κ2) is 9.32. The first-order valence-electron chi connectivity index (χ1n) is 12.1. The van der Waals surface area contributed by atoms with Crippen LogP contribution < -0.4 is 9.47 Å². The number of ketones is 1. The van der Waals surface area contributed by atoms with Crippen LogP contribution in [0.4, 0.5) is 0 Å². The summed E-state index contributed by atoms with van der Waals surface area (Å²) in [5.74, 6) is 3.74. The largest absolute Gasteiger partial charge is 0.492 e. The molecule has 6 heteroatoms. The molecule has 2 unspecified atom stereocenters. The van der Waals surface area contributed by atoms with E-state index in [9.17, 15) is 10.1 Å². The fraction of sp³-hybridized carbons (Fsp3) is 0.483. The van der Waals surface area contributed by atoms with Gasteiger partial charge in [0, 0.05) is 34.3 Å². The first-order valence-corrected chi connectivity index (χ1v) is 12.8. The summed E-state index contributed by atoms with van der Waals surface area (Å²) in [5.41, 5.74) is 1.35. The summed E-state index contributed by atoms with van der Waals surface area (Å²) in [6.07, 6.45) is 7.27. The number of benzene rings is 1. The first kappa shape index (κ1) is 25.3. The molecule has 2 atom stereocenters. The van der Waals surface area contributed by atoms with Gasteiger partial charge < -0.3 is 9.47 Å². The Morgan fingerprint density at radius 2 is 1.91 bits per heavy atom. The van der Waals surface area contributed by atoms with Gasteiger partial charge in [-0.2, -0.15) is 5.26 Å². The number of fused-ring (bicyclic) bond motifs is 1. The summed E-state index contributed by atoms with van der Waals surface area (Å²) in [4.78, 5) is 18.5. The SMILES string of the molecule is C#CC1CCc2nc(Br)ccc2C(=O)C1C1C(C)(C)C(Oc2ccc(C#N)c(OCC)c2)C1(C)C. The van der Waals surface area contributed by atoms with Crippen molar-refractivity contribution in [3.8, 4) is 29.9 Å². The van der Waals surface area contributed by atoms with Gasteiger partial charge in [0.25, 0.3) is 0 Å². The lowest BCUT2D eigenvalue weighted by Crippen LogP contribution is -2.69. The van der Waals surface area contributed by atoms with Crippen molar-refractivity contribution in [1.29, 1.82) is 5.26 Å². The fourth-order valence-electron chi connectivity index (χ4n) is 6.75. The molecule has 4 rings (SSSR count). The van der Waals surface area contributed by atoms with E-state index in [1.54, 1.807) is 18.2 Å². The molecule has 1 aromatic heterocycles. The third-order valence-electron chi connectivity index (χ3n) is 7.79. The summed E-state index contributed by atoms with van der Waals surface area (Å²) in [6, 6.07) is 11.2. The van der Waals surface area contributed by atoms with E-state index in [4.69, 9.17) is 15.9 Å². The number of halogens is 1. The van der Waals surface area contributed by atoms with Crippen LogP contribution in [-0.4, -0.2) is 23.5 Å². The quantitative estimate of drug-likeness (QED) is 0.258. The minimum absolute atomic E-state index is 0.0212. The lowest BCUT2D eigenvalue weighted by Gasteiger charge is -2.65. The zero-order valence-electron chi connectivity index (χ0n) is 20.9. The highest BCUT2D eigenvalue weighted by atomic mass is 79.9. The van der Waals surface area contributed by atoms with E-state index in [1.165, 1.54) is 0 Å². The number of nitriles is 1. The lowest BCUT2D eigenvalue weighted by atomic mass is 9.41. The Morgan fingerprint density at radius 1 is 1.20 bits per heavy atom. The maximum absolute atomic E-state index is 13.9. The van der Waals surface area contributed by atoms with Crippen molar-refractivity contribution in [2.75, 3.05) is 6.61 Å². The molecule has 0 N–H and O–H groups in total. The number of carbonyl (C=O) groups excluding carboxylic acids is 1. The van der Waals surface area contributed by atoms with Crippen molar-refractivity contribution in [3.05, 3.63) is 51.8 Å². The molecule has 1 heterocycles. The molecular weight excluding hydrogens is 504 g/mol. The molecule has 0 spiro atoms. The molecule has 2 aliphatic rings. The van der Waals surface area contributed by atoms with Gasteiger partial charge in [-0.25, -0.2) is 4.98 Å². The molecule has 0 bridgehead atoms. The molecule has 2 aromatic rings. The molecule has 0 amide bonds. The van der Waals surface area contributed by atoms with Gasteiger partial charge in [0.1, 0.15) is 28.3 Å². The molecule has 0 saturated heterocycles. The van der Waals surface area contributed by atoms with Crippen LogP contribution in [0.5, 0.6) is 11.5 Å². The number of ether oxygens (including phenoxy) is 2. The summed E-state index contributed by atoms with van der Waals surface area (Å²) in [5, 5.41) is 9.38. The maximum atomic E-state index is 13.9. The van der Waals surface area contributed by atoms with E-state index in [0.717, 1.165) is 16.7 Å². The molecule has 182 valence electrons. The third kappa shape index (κ3) is 4.23. The molecule has 0 radical (unpaired) electrons. The monoisotopic (exact) mass is 534 g/mol. The van der Waals surface area contributed by atoms with Crippen molar-refractivity contribution in [1.82, 2.24) is 4.98 Å². The van der Waals surface area contributed by atoms with Crippen LogP contribution in [0, 0.1) is 52.3 Å². The van der Waals surface area contributed by atoms with Crippen LogP contribution in [0.15, 0.2) is 34.9 Å². The maximum Gasteiger partial charge on any atom is 0.169 e. The van der Waals surface area contributed by atoms with E-state index in [-0.39, 0.29) is 40.5 Å². The van der Waals surface area contributed by atoms with Gasteiger partial charge in [0.15, 0.2) is 5.78 Å². The predicted molar refractivity (Wildman–Crippen MR) is 138 cm³/mol. The summed E-state index contributed by atoms with van der Waals surface area (Å²) in [7, 11) is 0. The van der Waals surface area contributed by atoms with E-state index in [1.807, 2.05) is 19.1 Å². The second-order valence-electron chi connectivity index (χ2n) is 10.7. The third-order valence-corrected chi connectivity index (χ3v) is 8.23. The molecule has 5 nitrogen and oxygen atoms in total. The van der Waals surface area contributed by atoms with Crippen molar-refractivity contribution in [2.45, 2.75) is 53.6 Å². The van der Waals surface area contributed by atoms with Crippen LogP contribution >= 0.6 is 15.9 Å².